The van der Waals surface area contributed by atoms with Gasteiger partial charge in [-0.25, -0.2) is 12.8 Å². The lowest BCUT2D eigenvalue weighted by molar-refractivity contribution is -0.384. The highest BCUT2D eigenvalue weighted by atomic mass is 32.2. The number of nitro groups is 1. The largest absolute Gasteiger partial charge is 0.354 e. The molecule has 0 radical (unpaired) electrons. The van der Waals surface area contributed by atoms with Gasteiger partial charge in [0.05, 0.1) is 16.9 Å². The van der Waals surface area contributed by atoms with Crippen LogP contribution in [0, 0.1) is 21.8 Å². The summed E-state index contributed by atoms with van der Waals surface area (Å²) >= 11 is 0. The van der Waals surface area contributed by atoms with Gasteiger partial charge in [0.15, 0.2) is 0 Å². The van der Waals surface area contributed by atoms with E-state index in [1.807, 2.05) is 13.8 Å². The van der Waals surface area contributed by atoms with E-state index in [0.29, 0.717) is 12.1 Å². The van der Waals surface area contributed by atoms with Crippen molar-refractivity contribution < 1.29 is 27.3 Å². The lowest BCUT2D eigenvalue weighted by Gasteiger charge is -2.33. The number of rotatable bonds is 12. The number of halogens is 1. The predicted molar refractivity (Wildman–Crippen MR) is 134 cm³/mol. The van der Waals surface area contributed by atoms with Crippen LogP contribution in [0.3, 0.4) is 0 Å². The lowest BCUT2D eigenvalue weighted by Crippen LogP contribution is -2.52. The minimum absolute atomic E-state index is 0.0564. The van der Waals surface area contributed by atoms with Crippen molar-refractivity contribution in [1.29, 1.82) is 0 Å². The van der Waals surface area contributed by atoms with Gasteiger partial charge in [-0.2, -0.15) is 0 Å². The summed E-state index contributed by atoms with van der Waals surface area (Å²) in [7, 11) is -4.03. The summed E-state index contributed by atoms with van der Waals surface area (Å²) in [6, 6.07) is 9.41. The number of nitrogens with zero attached hydrogens (tertiary/aromatic N) is 3. The monoisotopic (exact) mass is 522 g/mol. The van der Waals surface area contributed by atoms with E-state index >= 15 is 0 Å². The van der Waals surface area contributed by atoms with E-state index in [-0.39, 0.29) is 30.3 Å². The minimum atomic E-state index is -4.03. The average molecular weight is 523 g/mol. The zero-order chi connectivity index (χ0) is 27.0. The van der Waals surface area contributed by atoms with Gasteiger partial charge in [-0.05, 0) is 36.1 Å². The molecule has 0 bridgehead atoms. The number of nitrogens with one attached hydrogen (secondary N) is 1. The third kappa shape index (κ3) is 8.01. The fourth-order valence-corrected chi connectivity index (χ4v) is 4.35. The topological polar surface area (TPSA) is 130 Å². The Balaban J connectivity index is 2.45. The van der Waals surface area contributed by atoms with Gasteiger partial charge in [0.25, 0.3) is 5.69 Å². The molecule has 0 spiro atoms. The first-order chi connectivity index (χ1) is 16.8. The number of amides is 2. The van der Waals surface area contributed by atoms with Crippen LogP contribution in [-0.2, 0) is 26.2 Å². The maximum atomic E-state index is 13.5. The van der Waals surface area contributed by atoms with Crippen molar-refractivity contribution >= 4 is 33.2 Å². The van der Waals surface area contributed by atoms with Gasteiger partial charge in [0.1, 0.15) is 18.4 Å². The summed E-state index contributed by atoms with van der Waals surface area (Å²) in [5, 5.41) is 14.0. The Kier molecular flexibility index (Phi) is 9.91. The Bertz CT molecular complexity index is 1190. The summed E-state index contributed by atoms with van der Waals surface area (Å²) < 4.78 is 39.4. The number of hydrogen-bond donors (Lipinski definition) is 1. The Morgan fingerprint density at radius 3 is 2.31 bits per heavy atom. The van der Waals surface area contributed by atoms with E-state index in [1.54, 1.807) is 6.92 Å². The molecular weight excluding hydrogens is 491 g/mol. The highest BCUT2D eigenvalue weighted by Crippen LogP contribution is 2.24. The van der Waals surface area contributed by atoms with Crippen LogP contribution in [0.2, 0.25) is 0 Å². The first-order valence-electron chi connectivity index (χ1n) is 11.4. The minimum Gasteiger partial charge on any atom is -0.354 e. The molecule has 36 heavy (non-hydrogen) atoms. The van der Waals surface area contributed by atoms with Gasteiger partial charge < -0.3 is 10.2 Å². The molecule has 12 heteroatoms. The zero-order valence-electron chi connectivity index (χ0n) is 20.7. The molecule has 0 aliphatic carbocycles. The van der Waals surface area contributed by atoms with Crippen molar-refractivity contribution in [3.8, 4) is 0 Å². The van der Waals surface area contributed by atoms with Crippen LogP contribution < -0.4 is 9.62 Å². The van der Waals surface area contributed by atoms with Crippen LogP contribution in [-0.4, -0.2) is 55.4 Å². The molecule has 0 fully saturated rings. The maximum absolute atomic E-state index is 13.5. The quantitative estimate of drug-likeness (QED) is 0.337. The molecule has 2 aromatic rings. The molecule has 2 amide bonds. The number of sulfonamides is 1. The maximum Gasteiger partial charge on any atom is 0.271 e. The number of anilines is 1. The number of carbonyl (C=O) groups excluding carboxylic acids is 2. The summed E-state index contributed by atoms with van der Waals surface area (Å²) in [5.74, 6) is -1.39. The molecule has 0 saturated heterocycles. The third-order valence-corrected chi connectivity index (χ3v) is 6.48. The first kappa shape index (κ1) is 28.7. The third-order valence-electron chi connectivity index (χ3n) is 5.34. The van der Waals surface area contributed by atoms with Crippen molar-refractivity contribution in [3.63, 3.8) is 0 Å². The second-order valence-corrected chi connectivity index (χ2v) is 10.7. The molecule has 2 rings (SSSR count). The van der Waals surface area contributed by atoms with Crippen molar-refractivity contribution in [1.82, 2.24) is 10.2 Å². The van der Waals surface area contributed by atoms with Crippen LogP contribution in [0.4, 0.5) is 15.8 Å². The highest BCUT2D eigenvalue weighted by molar-refractivity contribution is 7.92. The van der Waals surface area contributed by atoms with Crippen LogP contribution in [0.1, 0.15) is 32.8 Å². The molecular formula is C24H31FN4O6S. The van der Waals surface area contributed by atoms with Crippen molar-refractivity contribution in [2.24, 2.45) is 5.92 Å². The lowest BCUT2D eigenvalue weighted by atomic mass is 10.1. The molecule has 0 saturated carbocycles. The highest BCUT2D eigenvalue weighted by Gasteiger charge is 2.32. The molecule has 1 atom stereocenters. The van der Waals surface area contributed by atoms with Gasteiger partial charge in [-0.1, -0.05) is 39.0 Å². The molecule has 0 aliphatic heterocycles. The Hall–Kier alpha value is -3.54. The zero-order valence-corrected chi connectivity index (χ0v) is 21.5. The van der Waals surface area contributed by atoms with E-state index < -0.39 is 45.2 Å². The fourth-order valence-electron chi connectivity index (χ4n) is 3.50. The van der Waals surface area contributed by atoms with Gasteiger partial charge in [-0.15, -0.1) is 0 Å². The fraction of sp³-hybridized carbons (Fsp3) is 0.417. The molecule has 0 aliphatic rings. The number of nitro benzene ring substituents is 1. The molecule has 2 aromatic carbocycles. The first-order valence-corrected chi connectivity index (χ1v) is 13.2. The molecule has 1 unspecified atom stereocenters. The van der Waals surface area contributed by atoms with E-state index in [1.165, 1.54) is 47.4 Å². The Morgan fingerprint density at radius 1 is 1.14 bits per heavy atom. The van der Waals surface area contributed by atoms with E-state index in [4.69, 9.17) is 0 Å². The van der Waals surface area contributed by atoms with Crippen molar-refractivity contribution in [2.75, 3.05) is 23.7 Å². The molecule has 196 valence electrons. The smallest absolute Gasteiger partial charge is 0.271 e. The van der Waals surface area contributed by atoms with Gasteiger partial charge in [-0.3, -0.25) is 24.0 Å². The normalized spacial score (nSPS) is 12.2. The van der Waals surface area contributed by atoms with Gasteiger partial charge in [0, 0.05) is 25.2 Å². The van der Waals surface area contributed by atoms with E-state index in [9.17, 15) is 32.5 Å². The van der Waals surface area contributed by atoms with Crippen LogP contribution in [0.5, 0.6) is 0 Å². The van der Waals surface area contributed by atoms with Crippen LogP contribution in [0.25, 0.3) is 0 Å². The average Bonchev–Trinajstić information content (AvgIpc) is 2.81. The van der Waals surface area contributed by atoms with E-state index in [0.717, 1.165) is 16.6 Å². The summed E-state index contributed by atoms with van der Waals surface area (Å²) in [4.78, 5) is 38.3. The second kappa shape index (κ2) is 12.4. The summed E-state index contributed by atoms with van der Waals surface area (Å²) in [6.45, 7) is 5.20. The van der Waals surface area contributed by atoms with E-state index in [2.05, 4.69) is 5.32 Å². The molecule has 0 heterocycles. The van der Waals surface area contributed by atoms with Gasteiger partial charge >= 0.3 is 0 Å². The standard InChI is InChI=1S/C24H31FN4O6S/c1-5-22(24(31)26-14-17(2)3)27(15-18-9-11-19(25)12-10-18)23(30)16-28(36(4,34)35)20-7-6-8-21(13-20)29(32)33/h6-13,17,22H,5,14-16H2,1-4H3,(H,26,31). The number of hydrogen-bond acceptors (Lipinski definition) is 6. The summed E-state index contributed by atoms with van der Waals surface area (Å²) in [6.07, 6.45) is 1.13. The molecule has 1 N–H and O–H groups in total. The number of non-ortho nitro benzene ring substituents is 1. The SMILES string of the molecule is CCC(C(=O)NCC(C)C)N(Cc1ccc(F)cc1)C(=O)CN(c1cccc([N+](=O)[O-])c1)S(C)(=O)=O. The van der Waals surface area contributed by atoms with Crippen molar-refractivity contribution in [3.05, 3.63) is 70.0 Å². The number of carbonyl (C=O) groups is 2. The van der Waals surface area contributed by atoms with Crippen LogP contribution in [0.15, 0.2) is 48.5 Å². The molecule has 10 nitrogen and oxygen atoms in total. The number of benzene rings is 2. The summed E-state index contributed by atoms with van der Waals surface area (Å²) in [5.41, 5.74) is 0.150. The Morgan fingerprint density at radius 2 is 1.78 bits per heavy atom. The second-order valence-electron chi connectivity index (χ2n) is 8.76. The Labute approximate surface area is 210 Å². The molecule has 0 aromatic heterocycles. The predicted octanol–water partition coefficient (Wildman–Crippen LogP) is 3.08. The van der Waals surface area contributed by atoms with Crippen molar-refractivity contribution in [2.45, 2.75) is 39.8 Å². The van der Waals surface area contributed by atoms with Gasteiger partial charge in [0.2, 0.25) is 21.8 Å². The van der Waals surface area contributed by atoms with Crippen LogP contribution >= 0.6 is 0 Å².